The number of benzene rings is 1. The zero-order valence-electron chi connectivity index (χ0n) is 7.96. The molecule has 1 saturated heterocycles. The summed E-state index contributed by atoms with van der Waals surface area (Å²) in [6, 6.07) is 6.90. The van der Waals surface area contributed by atoms with E-state index in [0.29, 0.717) is 6.04 Å². The fourth-order valence-corrected chi connectivity index (χ4v) is 2.23. The highest BCUT2D eigenvalue weighted by Gasteiger charge is 2.18. The Morgan fingerprint density at radius 2 is 2.36 bits per heavy atom. The van der Waals surface area contributed by atoms with E-state index >= 15 is 0 Å². The summed E-state index contributed by atoms with van der Waals surface area (Å²) >= 11 is 0. The maximum absolute atomic E-state index is 4.08. The number of H-pyrrole nitrogens is 1. The number of nitrogens with zero attached hydrogens (tertiary/aromatic N) is 1. The zero-order chi connectivity index (χ0) is 9.38. The molecule has 1 aromatic carbocycles. The Morgan fingerprint density at radius 1 is 1.36 bits per heavy atom. The van der Waals surface area contributed by atoms with Crippen molar-refractivity contribution in [1.82, 2.24) is 15.5 Å². The molecule has 0 radical (unpaired) electrons. The second-order valence-electron chi connectivity index (χ2n) is 3.83. The van der Waals surface area contributed by atoms with Gasteiger partial charge in [0.05, 0.1) is 11.7 Å². The van der Waals surface area contributed by atoms with Crippen molar-refractivity contribution in [2.75, 3.05) is 6.54 Å². The summed E-state index contributed by atoms with van der Waals surface area (Å²) in [6.45, 7) is 1.13. The minimum absolute atomic E-state index is 0.513. The molecule has 2 N–H and O–H groups in total. The van der Waals surface area contributed by atoms with E-state index in [2.05, 4.69) is 33.7 Å². The minimum Gasteiger partial charge on any atom is -0.310 e. The zero-order valence-corrected chi connectivity index (χ0v) is 7.96. The molecule has 3 rings (SSSR count). The molecule has 2 aromatic rings. The van der Waals surface area contributed by atoms with Crippen LogP contribution in [0.4, 0.5) is 0 Å². The Morgan fingerprint density at radius 3 is 3.21 bits per heavy atom. The second-order valence-corrected chi connectivity index (χ2v) is 3.83. The molecule has 1 atom stereocenters. The van der Waals surface area contributed by atoms with Gasteiger partial charge in [-0.25, -0.2) is 0 Å². The lowest BCUT2D eigenvalue weighted by Crippen LogP contribution is -2.13. The van der Waals surface area contributed by atoms with Crippen molar-refractivity contribution in [3.8, 4) is 0 Å². The van der Waals surface area contributed by atoms with Gasteiger partial charge in [0.2, 0.25) is 0 Å². The third-order valence-corrected chi connectivity index (χ3v) is 2.94. The molecule has 0 aliphatic carbocycles. The molecule has 0 saturated carbocycles. The van der Waals surface area contributed by atoms with Gasteiger partial charge < -0.3 is 5.32 Å². The van der Waals surface area contributed by atoms with Crippen molar-refractivity contribution in [1.29, 1.82) is 0 Å². The van der Waals surface area contributed by atoms with Crippen LogP contribution in [0.25, 0.3) is 10.9 Å². The molecule has 3 nitrogen and oxygen atoms in total. The Hall–Kier alpha value is -1.35. The Bertz CT molecular complexity index is 440. The van der Waals surface area contributed by atoms with Gasteiger partial charge in [0.25, 0.3) is 0 Å². The normalized spacial score (nSPS) is 21.9. The van der Waals surface area contributed by atoms with Gasteiger partial charge >= 0.3 is 0 Å². The molecular weight excluding hydrogens is 174 g/mol. The van der Waals surface area contributed by atoms with Crippen LogP contribution in [0.1, 0.15) is 24.4 Å². The molecule has 0 amide bonds. The van der Waals surface area contributed by atoms with Crippen molar-refractivity contribution < 1.29 is 0 Å². The summed E-state index contributed by atoms with van der Waals surface area (Å²) in [5, 5.41) is 11.9. The van der Waals surface area contributed by atoms with Crippen LogP contribution in [0, 0.1) is 0 Å². The van der Waals surface area contributed by atoms with Gasteiger partial charge in [-0.15, -0.1) is 0 Å². The van der Waals surface area contributed by atoms with Gasteiger partial charge in [-0.3, -0.25) is 5.10 Å². The third kappa shape index (κ3) is 1.13. The van der Waals surface area contributed by atoms with Crippen LogP contribution >= 0.6 is 0 Å². The third-order valence-electron chi connectivity index (χ3n) is 2.94. The van der Waals surface area contributed by atoms with Crippen molar-refractivity contribution in [2.45, 2.75) is 18.9 Å². The van der Waals surface area contributed by atoms with Crippen LogP contribution in [-0.2, 0) is 0 Å². The van der Waals surface area contributed by atoms with Gasteiger partial charge in [-0.05, 0) is 24.9 Å². The molecule has 0 spiro atoms. The highest BCUT2D eigenvalue weighted by molar-refractivity contribution is 5.81. The molecule has 1 aromatic heterocycles. The molecule has 72 valence electrons. The maximum atomic E-state index is 4.08. The number of aromatic nitrogens is 2. The van der Waals surface area contributed by atoms with E-state index in [0.717, 1.165) is 6.54 Å². The summed E-state index contributed by atoms with van der Waals surface area (Å²) in [4.78, 5) is 0. The average molecular weight is 187 g/mol. The summed E-state index contributed by atoms with van der Waals surface area (Å²) < 4.78 is 0. The predicted molar refractivity (Wildman–Crippen MR) is 56.1 cm³/mol. The monoisotopic (exact) mass is 187 g/mol. The number of aromatic amines is 1. The molecule has 1 aliphatic rings. The molecular formula is C11H13N3. The van der Waals surface area contributed by atoms with E-state index in [9.17, 15) is 0 Å². The van der Waals surface area contributed by atoms with Gasteiger partial charge in [-0.1, -0.05) is 18.2 Å². The lowest BCUT2D eigenvalue weighted by Gasteiger charge is -2.10. The van der Waals surface area contributed by atoms with Crippen LogP contribution < -0.4 is 5.32 Å². The van der Waals surface area contributed by atoms with E-state index in [-0.39, 0.29) is 0 Å². The quantitative estimate of drug-likeness (QED) is 0.716. The summed E-state index contributed by atoms with van der Waals surface area (Å²) in [5.74, 6) is 0. The summed E-state index contributed by atoms with van der Waals surface area (Å²) in [6.07, 6.45) is 4.39. The number of rotatable bonds is 1. The van der Waals surface area contributed by atoms with Gasteiger partial charge in [0, 0.05) is 11.4 Å². The lowest BCUT2D eigenvalue weighted by atomic mass is 10.0. The molecule has 0 unspecified atom stereocenters. The van der Waals surface area contributed by atoms with Gasteiger partial charge in [0.1, 0.15) is 0 Å². The second kappa shape index (κ2) is 3.10. The van der Waals surface area contributed by atoms with Crippen molar-refractivity contribution in [2.24, 2.45) is 0 Å². The first-order chi connectivity index (χ1) is 6.95. The number of nitrogens with one attached hydrogen (secondary N) is 2. The summed E-state index contributed by atoms with van der Waals surface area (Å²) in [5.41, 5.74) is 2.55. The Balaban J connectivity index is 2.14. The predicted octanol–water partition coefficient (Wildman–Crippen LogP) is 1.99. The molecule has 1 fully saturated rings. The topological polar surface area (TPSA) is 40.7 Å². The number of para-hydroxylation sites is 1. The van der Waals surface area contributed by atoms with Crippen molar-refractivity contribution in [3.05, 3.63) is 30.0 Å². The SMILES string of the molecule is c1cc([C@H]2CCCN2)c2[nH]ncc2c1. The molecule has 2 heterocycles. The van der Waals surface area contributed by atoms with Crippen LogP contribution in [0.15, 0.2) is 24.4 Å². The molecule has 1 aliphatic heterocycles. The molecule has 3 heteroatoms. The highest BCUT2D eigenvalue weighted by Crippen LogP contribution is 2.27. The number of hydrogen-bond acceptors (Lipinski definition) is 2. The minimum atomic E-state index is 0.513. The maximum Gasteiger partial charge on any atom is 0.0698 e. The van der Waals surface area contributed by atoms with Crippen LogP contribution in [-0.4, -0.2) is 16.7 Å². The first-order valence-electron chi connectivity index (χ1n) is 5.10. The average Bonchev–Trinajstić information content (AvgIpc) is 2.88. The van der Waals surface area contributed by atoms with E-state index in [4.69, 9.17) is 0 Å². The molecule has 14 heavy (non-hydrogen) atoms. The van der Waals surface area contributed by atoms with E-state index in [1.54, 1.807) is 0 Å². The Kier molecular flexibility index (Phi) is 1.77. The highest BCUT2D eigenvalue weighted by atomic mass is 15.1. The van der Waals surface area contributed by atoms with E-state index < -0.39 is 0 Å². The van der Waals surface area contributed by atoms with Gasteiger partial charge in [-0.2, -0.15) is 5.10 Å². The number of hydrogen-bond donors (Lipinski definition) is 2. The standard InChI is InChI=1S/C11H13N3/c1-3-8-7-13-14-11(8)9(4-1)10-5-2-6-12-10/h1,3-4,7,10,12H,2,5-6H2,(H,13,14)/t10-/m1/s1. The van der Waals surface area contributed by atoms with Crippen molar-refractivity contribution >= 4 is 10.9 Å². The summed E-state index contributed by atoms with van der Waals surface area (Å²) in [7, 11) is 0. The Labute approximate surface area is 82.5 Å². The van der Waals surface area contributed by atoms with E-state index in [1.807, 2.05) is 6.20 Å². The fraction of sp³-hybridized carbons (Fsp3) is 0.364. The lowest BCUT2D eigenvalue weighted by molar-refractivity contribution is 0.651. The molecule has 0 bridgehead atoms. The fourth-order valence-electron chi connectivity index (χ4n) is 2.23. The first kappa shape index (κ1) is 8.00. The largest absolute Gasteiger partial charge is 0.310 e. The van der Waals surface area contributed by atoms with Crippen LogP contribution in [0.3, 0.4) is 0 Å². The van der Waals surface area contributed by atoms with E-state index in [1.165, 1.54) is 29.3 Å². The number of fused-ring (bicyclic) bond motifs is 1. The van der Waals surface area contributed by atoms with Crippen molar-refractivity contribution in [3.63, 3.8) is 0 Å². The smallest absolute Gasteiger partial charge is 0.0698 e. The van der Waals surface area contributed by atoms with Crippen LogP contribution in [0.2, 0.25) is 0 Å². The van der Waals surface area contributed by atoms with Crippen LogP contribution in [0.5, 0.6) is 0 Å². The van der Waals surface area contributed by atoms with Gasteiger partial charge in [0.15, 0.2) is 0 Å². The first-order valence-corrected chi connectivity index (χ1v) is 5.10.